The molecule has 0 spiro atoms. The Morgan fingerprint density at radius 2 is 2.00 bits per heavy atom. The lowest BCUT2D eigenvalue weighted by Gasteiger charge is -2.13. The molecule has 6 nitrogen and oxygen atoms in total. The fourth-order valence-corrected chi connectivity index (χ4v) is 1.94. The number of hydrogen-bond acceptors (Lipinski definition) is 5. The van der Waals surface area contributed by atoms with Crippen LogP contribution in [0.1, 0.15) is 17.3 Å². The molecule has 2 N–H and O–H groups in total. The Labute approximate surface area is 114 Å². The second-order valence-corrected chi connectivity index (χ2v) is 5.54. The molecule has 0 bridgehead atoms. The molecule has 1 unspecified atom stereocenters. The van der Waals surface area contributed by atoms with Crippen molar-refractivity contribution < 1.29 is 31.5 Å². The van der Waals surface area contributed by atoms with E-state index >= 15 is 0 Å². The standard InChI is InChI=1S/C11H13F2NO5S/c1-6(5-18-2)19-11(15)8-3-7(20(14,16)17)4-9(12)10(8)13/h3-4,6H,5H2,1-2H3,(H2,14,16,17). The number of carbonyl (C=O) groups is 1. The van der Waals surface area contributed by atoms with Gasteiger partial charge < -0.3 is 9.47 Å². The molecule has 1 rings (SSSR count). The second kappa shape index (κ2) is 6.25. The molecule has 0 amide bonds. The van der Waals surface area contributed by atoms with Crippen LogP contribution in [0.25, 0.3) is 0 Å². The van der Waals surface area contributed by atoms with E-state index in [1.165, 1.54) is 14.0 Å². The molecule has 0 radical (unpaired) electrons. The lowest BCUT2D eigenvalue weighted by Crippen LogP contribution is -2.21. The quantitative estimate of drug-likeness (QED) is 0.812. The van der Waals surface area contributed by atoms with Crippen molar-refractivity contribution in [2.45, 2.75) is 17.9 Å². The van der Waals surface area contributed by atoms with E-state index in [-0.39, 0.29) is 6.61 Å². The summed E-state index contributed by atoms with van der Waals surface area (Å²) >= 11 is 0. The Bertz CT molecular complexity index is 617. The first-order valence-electron chi connectivity index (χ1n) is 5.38. The van der Waals surface area contributed by atoms with Crippen LogP contribution in [0.15, 0.2) is 17.0 Å². The maximum Gasteiger partial charge on any atom is 0.341 e. The van der Waals surface area contributed by atoms with E-state index in [2.05, 4.69) is 0 Å². The predicted octanol–water partition coefficient (Wildman–Crippen LogP) is 0.804. The van der Waals surface area contributed by atoms with E-state index in [0.29, 0.717) is 12.1 Å². The molecule has 1 atom stereocenters. The third-order valence-electron chi connectivity index (χ3n) is 2.26. The van der Waals surface area contributed by atoms with E-state index in [9.17, 15) is 22.0 Å². The van der Waals surface area contributed by atoms with Crippen LogP contribution < -0.4 is 5.14 Å². The summed E-state index contributed by atoms with van der Waals surface area (Å²) in [5.41, 5.74) is -0.850. The number of ether oxygens (including phenoxy) is 2. The van der Waals surface area contributed by atoms with Gasteiger partial charge in [0.2, 0.25) is 10.0 Å². The molecule has 0 saturated heterocycles. The summed E-state index contributed by atoms with van der Waals surface area (Å²) < 4.78 is 58.5. The molecule has 112 valence electrons. The molecular formula is C11H13F2NO5S. The van der Waals surface area contributed by atoms with Crippen molar-refractivity contribution in [3.05, 3.63) is 29.3 Å². The van der Waals surface area contributed by atoms with Crippen molar-refractivity contribution in [3.63, 3.8) is 0 Å². The molecule has 20 heavy (non-hydrogen) atoms. The number of methoxy groups -OCH3 is 1. The summed E-state index contributed by atoms with van der Waals surface area (Å²) in [6.07, 6.45) is -0.715. The van der Waals surface area contributed by atoms with Crippen molar-refractivity contribution >= 4 is 16.0 Å². The van der Waals surface area contributed by atoms with Crippen LogP contribution in [0.5, 0.6) is 0 Å². The van der Waals surface area contributed by atoms with Gasteiger partial charge in [0.25, 0.3) is 0 Å². The minimum Gasteiger partial charge on any atom is -0.457 e. The fraction of sp³-hybridized carbons (Fsp3) is 0.364. The molecule has 0 saturated carbocycles. The highest BCUT2D eigenvalue weighted by Gasteiger charge is 2.23. The van der Waals surface area contributed by atoms with Crippen LogP contribution >= 0.6 is 0 Å². The van der Waals surface area contributed by atoms with E-state index < -0.39 is 44.2 Å². The van der Waals surface area contributed by atoms with Crippen LogP contribution in [0, 0.1) is 11.6 Å². The van der Waals surface area contributed by atoms with Gasteiger partial charge >= 0.3 is 5.97 Å². The van der Waals surface area contributed by atoms with Crippen LogP contribution in [0.2, 0.25) is 0 Å². The number of carbonyl (C=O) groups excluding carboxylic acids is 1. The Hall–Kier alpha value is -1.58. The normalized spacial score (nSPS) is 13.1. The number of halogens is 2. The second-order valence-electron chi connectivity index (χ2n) is 3.98. The van der Waals surface area contributed by atoms with Crippen LogP contribution in [0.3, 0.4) is 0 Å². The van der Waals surface area contributed by atoms with E-state index in [4.69, 9.17) is 14.6 Å². The number of nitrogens with two attached hydrogens (primary N) is 1. The minimum absolute atomic E-state index is 0.0463. The van der Waals surface area contributed by atoms with Crippen LogP contribution in [-0.4, -0.2) is 34.2 Å². The smallest absolute Gasteiger partial charge is 0.341 e. The van der Waals surface area contributed by atoms with Crippen molar-refractivity contribution in [1.29, 1.82) is 0 Å². The molecule has 0 aromatic heterocycles. The lowest BCUT2D eigenvalue weighted by molar-refractivity contribution is 0.0114. The number of benzene rings is 1. The zero-order valence-electron chi connectivity index (χ0n) is 10.7. The summed E-state index contributed by atoms with van der Waals surface area (Å²) in [6, 6.07) is 1.01. The Balaban J connectivity index is 3.17. The first kappa shape index (κ1) is 16.5. The first-order chi connectivity index (χ1) is 9.16. The summed E-state index contributed by atoms with van der Waals surface area (Å²) in [7, 11) is -2.91. The number of primary sulfonamides is 1. The van der Waals surface area contributed by atoms with Gasteiger partial charge in [-0.15, -0.1) is 0 Å². The van der Waals surface area contributed by atoms with E-state index in [1.807, 2.05) is 0 Å². The van der Waals surface area contributed by atoms with Gasteiger partial charge in [-0.1, -0.05) is 0 Å². The van der Waals surface area contributed by atoms with Gasteiger partial charge in [0, 0.05) is 7.11 Å². The van der Waals surface area contributed by atoms with Gasteiger partial charge in [-0.3, -0.25) is 0 Å². The average molecular weight is 309 g/mol. The Morgan fingerprint density at radius 3 is 2.50 bits per heavy atom. The van der Waals surface area contributed by atoms with Gasteiger partial charge in [0.1, 0.15) is 6.10 Å². The van der Waals surface area contributed by atoms with Crippen LogP contribution in [0.4, 0.5) is 8.78 Å². The largest absolute Gasteiger partial charge is 0.457 e. The van der Waals surface area contributed by atoms with Gasteiger partial charge in [-0.25, -0.2) is 27.1 Å². The van der Waals surface area contributed by atoms with E-state index in [1.54, 1.807) is 0 Å². The van der Waals surface area contributed by atoms with Crippen molar-refractivity contribution in [3.8, 4) is 0 Å². The highest BCUT2D eigenvalue weighted by atomic mass is 32.2. The highest BCUT2D eigenvalue weighted by molar-refractivity contribution is 7.89. The fourth-order valence-electron chi connectivity index (χ4n) is 1.39. The van der Waals surface area contributed by atoms with E-state index in [0.717, 1.165) is 0 Å². The van der Waals surface area contributed by atoms with Crippen molar-refractivity contribution in [2.24, 2.45) is 5.14 Å². The first-order valence-corrected chi connectivity index (χ1v) is 6.93. The van der Waals surface area contributed by atoms with Gasteiger partial charge in [-0.2, -0.15) is 0 Å². The maximum absolute atomic E-state index is 13.5. The zero-order chi connectivity index (χ0) is 15.5. The Kier molecular flexibility index (Phi) is 5.15. The molecule has 1 aromatic rings. The van der Waals surface area contributed by atoms with Gasteiger partial charge in [-0.05, 0) is 19.1 Å². The SMILES string of the molecule is COCC(C)OC(=O)c1cc(S(N)(=O)=O)cc(F)c1F. The molecular weight excluding hydrogens is 296 g/mol. The summed E-state index contributed by atoms with van der Waals surface area (Å²) in [5.74, 6) is -4.23. The average Bonchev–Trinajstić information content (AvgIpc) is 2.31. The predicted molar refractivity (Wildman–Crippen MR) is 64.5 cm³/mol. The van der Waals surface area contributed by atoms with Gasteiger partial charge in [0.15, 0.2) is 11.6 Å². The monoisotopic (exact) mass is 309 g/mol. The van der Waals surface area contributed by atoms with Crippen molar-refractivity contribution in [1.82, 2.24) is 0 Å². The zero-order valence-corrected chi connectivity index (χ0v) is 11.5. The maximum atomic E-state index is 13.5. The molecule has 0 fully saturated rings. The lowest BCUT2D eigenvalue weighted by atomic mass is 10.2. The molecule has 0 aliphatic heterocycles. The number of esters is 1. The molecule has 1 aromatic carbocycles. The summed E-state index contributed by atoms with van der Waals surface area (Å²) in [6.45, 7) is 1.52. The topological polar surface area (TPSA) is 95.7 Å². The number of rotatable bonds is 5. The third kappa shape index (κ3) is 3.95. The number of hydrogen-bond donors (Lipinski definition) is 1. The molecule has 9 heteroatoms. The molecule has 0 heterocycles. The third-order valence-corrected chi connectivity index (χ3v) is 3.15. The highest BCUT2D eigenvalue weighted by Crippen LogP contribution is 2.19. The molecule has 0 aliphatic carbocycles. The van der Waals surface area contributed by atoms with Gasteiger partial charge in [0.05, 0.1) is 17.1 Å². The number of sulfonamides is 1. The Morgan fingerprint density at radius 1 is 1.40 bits per heavy atom. The summed E-state index contributed by atoms with van der Waals surface area (Å²) in [4.78, 5) is 10.9. The minimum atomic E-state index is -4.28. The van der Waals surface area contributed by atoms with Crippen LogP contribution in [-0.2, 0) is 19.5 Å². The molecule has 0 aliphatic rings. The summed E-state index contributed by atoms with van der Waals surface area (Å²) in [5, 5.41) is 4.80. The van der Waals surface area contributed by atoms with Crippen molar-refractivity contribution in [2.75, 3.05) is 13.7 Å².